The van der Waals surface area contributed by atoms with Gasteiger partial charge >= 0.3 is 0 Å². The number of nitrogens with zero attached hydrogens (tertiary/aromatic N) is 2. The molecule has 1 aromatic heterocycles. The van der Waals surface area contributed by atoms with Crippen LogP contribution in [0.4, 0.5) is 35.1 Å². The predicted octanol–water partition coefficient (Wildman–Crippen LogP) is 27.1. The maximum absolute atomic E-state index is 13.2. The van der Waals surface area contributed by atoms with Gasteiger partial charge in [0.2, 0.25) is 0 Å². The number of methoxy groups -OCH3 is 1. The lowest BCUT2D eigenvalue weighted by Gasteiger charge is -2.10. The summed E-state index contributed by atoms with van der Waals surface area (Å²) in [5.74, 6) is 1.17. The minimum Gasteiger partial charge on any atom is -0.380 e. The molecule has 8 rings (SSSR count). The molecule has 3 nitrogen and oxygen atoms in total. The van der Waals surface area contributed by atoms with E-state index in [-0.39, 0.29) is 34.3 Å². The largest absolute Gasteiger partial charge is 0.380 e. The summed E-state index contributed by atoms with van der Waals surface area (Å²) in [7, 11) is 1.74. The molecule has 0 unspecified atom stereocenters. The van der Waals surface area contributed by atoms with Crippen molar-refractivity contribution in [1.29, 1.82) is 5.26 Å². The highest BCUT2D eigenvalue weighted by Gasteiger charge is 2.19. The minimum atomic E-state index is -2.85. The van der Waals surface area contributed by atoms with Crippen LogP contribution in [0.1, 0.15) is 277 Å². The number of ether oxygens (including phenoxy) is 1. The Kier molecular flexibility index (Phi) is 39.0. The molecular formula is C83H107ClF8N2O. The van der Waals surface area contributed by atoms with Crippen LogP contribution < -0.4 is 0 Å². The number of halogens is 9. The van der Waals surface area contributed by atoms with Crippen molar-refractivity contribution in [3.8, 4) is 6.07 Å². The molecule has 0 saturated carbocycles. The monoisotopic (exact) mass is 1330 g/mol. The Morgan fingerprint density at radius 1 is 0.400 bits per heavy atom. The first-order chi connectivity index (χ1) is 44.3. The number of alkyl halides is 4. The summed E-state index contributed by atoms with van der Waals surface area (Å²) in [6.07, 6.45) is -4.00. The van der Waals surface area contributed by atoms with E-state index in [1.807, 2.05) is 77.9 Å². The van der Waals surface area contributed by atoms with E-state index in [1.165, 1.54) is 70.3 Å². The molecule has 0 atom stereocenters. The molecule has 0 radical (unpaired) electrons. The summed E-state index contributed by atoms with van der Waals surface area (Å²) in [5.41, 5.74) is 16.2. The van der Waals surface area contributed by atoms with Crippen molar-refractivity contribution < 1.29 is 39.9 Å². The number of benzene rings is 7. The maximum Gasteiger partial charge on any atom is 0.283 e. The van der Waals surface area contributed by atoms with Crippen LogP contribution in [0.5, 0.6) is 0 Å². The van der Waals surface area contributed by atoms with Gasteiger partial charge in [-0.3, -0.25) is 4.98 Å². The quantitative estimate of drug-likeness (QED) is 0.115. The van der Waals surface area contributed by atoms with Crippen molar-refractivity contribution in [1.82, 2.24) is 4.98 Å². The van der Waals surface area contributed by atoms with Crippen molar-refractivity contribution in [2.45, 2.75) is 226 Å². The van der Waals surface area contributed by atoms with Crippen molar-refractivity contribution in [2.24, 2.45) is 0 Å². The SMILES string of the molecule is CC(C)c1ccnc(C(F)F)c1F.COCc1cc(C(C)C)ccc1C.Cc1c(F)cc(C(C)C)cc1F.Cc1ccc(C(C)C)cc1.Cc1ccc(C(C)C)cc1C#N.Cc1ccc(C(C)C)cc1C(F)F.Cc1ccc(C(C)C)cc1Cl.Cc1ccc(C(C)C)cc1F. The number of rotatable bonds is 12. The zero-order chi connectivity index (χ0) is 72.7. The Labute approximate surface area is 571 Å². The second-order valence-corrected chi connectivity index (χ2v) is 26.8. The molecule has 0 fully saturated rings. The molecule has 0 aliphatic carbocycles. The first kappa shape index (κ1) is 85.9. The second-order valence-electron chi connectivity index (χ2n) is 26.4. The van der Waals surface area contributed by atoms with Crippen LogP contribution in [0, 0.1) is 83.1 Å². The third-order valence-electron chi connectivity index (χ3n) is 15.8. The fourth-order valence-electron chi connectivity index (χ4n) is 8.69. The number of pyridine rings is 1. The molecule has 0 spiro atoms. The average Bonchev–Trinajstić information content (AvgIpc) is 0.927. The van der Waals surface area contributed by atoms with Gasteiger partial charge in [-0.05, 0) is 216 Å². The molecular weight excluding hydrogens is 1230 g/mol. The number of aromatic nitrogens is 1. The summed E-state index contributed by atoms with van der Waals surface area (Å²) >= 11 is 5.96. The predicted molar refractivity (Wildman–Crippen MR) is 385 cm³/mol. The molecule has 7 aromatic carbocycles. The van der Waals surface area contributed by atoms with E-state index in [1.54, 1.807) is 53.0 Å². The van der Waals surface area contributed by atoms with E-state index in [9.17, 15) is 35.1 Å². The van der Waals surface area contributed by atoms with E-state index in [4.69, 9.17) is 21.6 Å². The Balaban J connectivity index is 0.000000544. The lowest BCUT2D eigenvalue weighted by molar-refractivity contribution is 0.140. The van der Waals surface area contributed by atoms with Crippen LogP contribution in [0.2, 0.25) is 5.02 Å². The topological polar surface area (TPSA) is 45.9 Å². The van der Waals surface area contributed by atoms with Gasteiger partial charge < -0.3 is 4.74 Å². The molecule has 12 heteroatoms. The van der Waals surface area contributed by atoms with Crippen LogP contribution in [-0.2, 0) is 11.3 Å². The normalized spacial score (nSPS) is 10.8. The van der Waals surface area contributed by atoms with Crippen LogP contribution in [0.15, 0.2) is 140 Å². The Morgan fingerprint density at radius 3 is 1.20 bits per heavy atom. The summed E-state index contributed by atoms with van der Waals surface area (Å²) in [6.45, 7) is 46.7. The molecule has 0 aliphatic rings. The van der Waals surface area contributed by atoms with E-state index in [0.717, 1.165) is 38.4 Å². The fourth-order valence-corrected chi connectivity index (χ4v) is 8.88. The van der Waals surface area contributed by atoms with Gasteiger partial charge in [0, 0.05) is 29.5 Å². The van der Waals surface area contributed by atoms with E-state index in [2.05, 4.69) is 155 Å². The van der Waals surface area contributed by atoms with Gasteiger partial charge in [0.25, 0.3) is 12.9 Å². The number of hydrogen-bond donors (Lipinski definition) is 0. The highest BCUT2D eigenvalue weighted by Crippen LogP contribution is 2.29. The molecule has 95 heavy (non-hydrogen) atoms. The smallest absolute Gasteiger partial charge is 0.283 e. The third-order valence-corrected chi connectivity index (χ3v) is 16.2. The summed E-state index contributed by atoms with van der Waals surface area (Å²) in [4.78, 5) is 3.30. The van der Waals surface area contributed by atoms with E-state index in [0.29, 0.717) is 53.2 Å². The van der Waals surface area contributed by atoms with Crippen LogP contribution >= 0.6 is 11.6 Å². The van der Waals surface area contributed by atoms with Gasteiger partial charge in [-0.1, -0.05) is 219 Å². The minimum absolute atomic E-state index is 0.0967. The fraction of sp³-hybridized carbons (Fsp3) is 0.422. The zero-order valence-electron chi connectivity index (χ0n) is 61.0. The number of aryl methyl sites for hydroxylation is 6. The molecule has 0 N–H and O–H groups in total. The Bertz CT molecular complexity index is 3490. The highest BCUT2D eigenvalue weighted by molar-refractivity contribution is 6.31. The van der Waals surface area contributed by atoms with E-state index < -0.39 is 36.0 Å². The zero-order valence-corrected chi connectivity index (χ0v) is 61.7. The Morgan fingerprint density at radius 2 is 0.789 bits per heavy atom. The van der Waals surface area contributed by atoms with E-state index >= 15 is 0 Å². The summed E-state index contributed by atoms with van der Waals surface area (Å²) in [6, 6.07) is 44.7. The van der Waals surface area contributed by atoms with Crippen LogP contribution in [0.25, 0.3) is 0 Å². The molecule has 0 amide bonds. The summed E-state index contributed by atoms with van der Waals surface area (Å²) in [5, 5.41) is 9.65. The maximum atomic E-state index is 13.2. The number of hydrogen-bond acceptors (Lipinski definition) is 3. The molecule has 0 saturated heterocycles. The average molecular weight is 1340 g/mol. The van der Waals surface area contributed by atoms with Crippen molar-refractivity contribution in [2.75, 3.05) is 7.11 Å². The standard InChI is InChI=1S/C12H18O.C11H14F2.C11H13N.C10H13Cl.C10H12F2.C10H13F.C10H14.C9H10F3N/c1-9(2)11-6-5-10(3)12(7-11)8-13-4;1-7(2)9-5-4-8(3)10(6-9)11(12)13;1-8(2)10-5-4-9(3)11(6-10)7-12;1-7(2)9-5-4-8(3)10(11)6-9;1-6(2)8-4-9(11)7(3)10(12)5-8;1-7(2)9-5-4-8(3)10(11)6-9;1-8(2)10-6-4-9(3)5-7-10;1-5(2)6-3-4-13-8(7(6)10)9(11)12/h5-7,9H,8H2,1-4H3;4-7,11H,1-3H3;4-6,8H,1-3H3;4-7H,1-3H3;4-6H,1-3H3;4-7H,1-3H3;4-8H,1-3H3;3-5,9H,1-2H3. The second kappa shape index (κ2) is 43.1. The molecule has 518 valence electrons. The Hall–Kier alpha value is -7.13. The molecule has 1 heterocycles. The first-order valence-electron chi connectivity index (χ1n) is 32.7. The van der Waals surface area contributed by atoms with Crippen molar-refractivity contribution >= 4 is 11.6 Å². The molecule has 8 aromatic rings. The van der Waals surface area contributed by atoms with Crippen LogP contribution in [-0.4, -0.2) is 12.1 Å². The van der Waals surface area contributed by atoms with Gasteiger partial charge in [-0.2, -0.15) is 5.26 Å². The number of nitriles is 1. The van der Waals surface area contributed by atoms with Gasteiger partial charge in [-0.25, -0.2) is 35.1 Å². The summed E-state index contributed by atoms with van der Waals surface area (Å²) < 4.78 is 107. The van der Waals surface area contributed by atoms with Gasteiger partial charge in [-0.15, -0.1) is 0 Å². The van der Waals surface area contributed by atoms with Crippen molar-refractivity contribution in [3.05, 3.63) is 274 Å². The molecule has 0 aliphatic heterocycles. The lowest BCUT2D eigenvalue weighted by Crippen LogP contribution is -2.01. The third kappa shape index (κ3) is 30.7. The lowest BCUT2D eigenvalue weighted by atomic mass is 9.98. The van der Waals surface area contributed by atoms with Crippen LogP contribution in [0.3, 0.4) is 0 Å². The first-order valence-corrected chi connectivity index (χ1v) is 33.1. The van der Waals surface area contributed by atoms with Gasteiger partial charge in [0.15, 0.2) is 5.82 Å². The highest BCUT2D eigenvalue weighted by atomic mass is 35.5. The molecule has 0 bridgehead atoms. The van der Waals surface area contributed by atoms with Gasteiger partial charge in [0.05, 0.1) is 18.2 Å². The van der Waals surface area contributed by atoms with Gasteiger partial charge in [0.1, 0.15) is 23.1 Å². The van der Waals surface area contributed by atoms with Crippen molar-refractivity contribution in [3.63, 3.8) is 0 Å².